The Bertz CT molecular complexity index is 1140. The monoisotopic (exact) mass is 402 g/mol. The van der Waals surface area contributed by atoms with Gasteiger partial charge in [0.2, 0.25) is 23.5 Å². The number of carbonyl (C=O) groups excluding carboxylic acids is 1. The van der Waals surface area contributed by atoms with Gasteiger partial charge in [0.1, 0.15) is 6.26 Å². The van der Waals surface area contributed by atoms with E-state index in [1.165, 1.54) is 25.3 Å². The largest absolute Gasteiger partial charge is 0.462 e. The predicted octanol–water partition coefficient (Wildman–Crippen LogP) is 4.34. The first-order valence-corrected chi connectivity index (χ1v) is 8.72. The molecule has 1 aromatic heterocycles. The van der Waals surface area contributed by atoms with Crippen molar-refractivity contribution in [3.05, 3.63) is 80.1 Å². The second kappa shape index (κ2) is 6.72. The lowest BCUT2D eigenvalue weighted by Crippen LogP contribution is -2.29. The van der Waals surface area contributed by atoms with Crippen LogP contribution in [0.15, 0.2) is 63.0 Å². The van der Waals surface area contributed by atoms with Gasteiger partial charge < -0.3 is 9.15 Å². The maximum atomic E-state index is 13.0. The number of benzene rings is 2. The van der Waals surface area contributed by atoms with Crippen molar-refractivity contribution < 1.29 is 13.9 Å². The summed E-state index contributed by atoms with van der Waals surface area (Å²) in [6, 6.07) is 12.0. The third-order valence-corrected chi connectivity index (χ3v) is 4.57. The third kappa shape index (κ3) is 3.07. The molecule has 0 fully saturated rings. The zero-order valence-corrected chi connectivity index (χ0v) is 15.5. The van der Waals surface area contributed by atoms with Gasteiger partial charge in [-0.25, -0.2) is 0 Å². The van der Waals surface area contributed by atoms with Crippen LogP contribution >= 0.6 is 23.2 Å². The van der Waals surface area contributed by atoms with Gasteiger partial charge in [-0.1, -0.05) is 41.4 Å². The fourth-order valence-electron chi connectivity index (χ4n) is 2.82. The van der Waals surface area contributed by atoms with Crippen molar-refractivity contribution in [1.82, 2.24) is 5.01 Å². The Morgan fingerprint density at radius 2 is 1.93 bits per heavy atom. The van der Waals surface area contributed by atoms with Crippen LogP contribution in [0.2, 0.25) is 10.0 Å². The fourth-order valence-corrected chi connectivity index (χ4v) is 3.36. The second-order valence-electron chi connectivity index (χ2n) is 5.89. The quantitative estimate of drug-likeness (QED) is 0.638. The molecule has 0 spiro atoms. The van der Waals surface area contributed by atoms with Crippen LogP contribution in [0.5, 0.6) is 0 Å². The van der Waals surface area contributed by atoms with Crippen molar-refractivity contribution in [3.63, 3.8) is 0 Å². The number of nitrogens with zero attached hydrogens (tertiary/aromatic N) is 2. The maximum absolute atomic E-state index is 13.0. The SMILES string of the molecule is CC(=O)N1N=C(c2ccccc2)OC1c1coc2c(Cl)cc(Cl)cc2c1=O. The van der Waals surface area contributed by atoms with Crippen LogP contribution in [0.1, 0.15) is 24.3 Å². The summed E-state index contributed by atoms with van der Waals surface area (Å²) in [4.78, 5) is 25.0. The molecule has 0 aliphatic carbocycles. The summed E-state index contributed by atoms with van der Waals surface area (Å²) in [5.41, 5.74) is 0.612. The van der Waals surface area contributed by atoms with E-state index in [1.54, 1.807) is 12.1 Å². The van der Waals surface area contributed by atoms with E-state index in [1.807, 2.05) is 18.2 Å². The number of hydrazone groups is 1. The van der Waals surface area contributed by atoms with Crippen LogP contribution in [0.25, 0.3) is 11.0 Å². The van der Waals surface area contributed by atoms with Crippen molar-refractivity contribution in [2.45, 2.75) is 13.2 Å². The van der Waals surface area contributed by atoms with E-state index in [4.69, 9.17) is 32.4 Å². The maximum Gasteiger partial charge on any atom is 0.243 e. The summed E-state index contributed by atoms with van der Waals surface area (Å²) in [6.07, 6.45) is 0.185. The molecule has 0 radical (unpaired) electrons. The summed E-state index contributed by atoms with van der Waals surface area (Å²) >= 11 is 12.1. The molecule has 2 aromatic carbocycles. The molecule has 0 saturated heterocycles. The normalized spacial score (nSPS) is 16.3. The summed E-state index contributed by atoms with van der Waals surface area (Å²) in [5, 5.41) is 6.04. The van der Waals surface area contributed by atoms with Gasteiger partial charge >= 0.3 is 0 Å². The Morgan fingerprint density at radius 1 is 1.19 bits per heavy atom. The zero-order chi connectivity index (χ0) is 19.1. The van der Waals surface area contributed by atoms with Gasteiger partial charge in [-0.3, -0.25) is 9.59 Å². The zero-order valence-electron chi connectivity index (χ0n) is 14.0. The van der Waals surface area contributed by atoms with Crippen LogP contribution in [0.3, 0.4) is 0 Å². The smallest absolute Gasteiger partial charge is 0.243 e. The minimum Gasteiger partial charge on any atom is -0.462 e. The van der Waals surface area contributed by atoms with E-state index in [-0.39, 0.29) is 33.4 Å². The molecule has 1 unspecified atom stereocenters. The van der Waals surface area contributed by atoms with E-state index >= 15 is 0 Å². The van der Waals surface area contributed by atoms with Crippen LogP contribution in [-0.4, -0.2) is 16.8 Å². The van der Waals surface area contributed by atoms with Crippen LogP contribution in [0.4, 0.5) is 0 Å². The number of ether oxygens (including phenoxy) is 1. The van der Waals surface area contributed by atoms with Crippen LogP contribution in [0, 0.1) is 0 Å². The predicted molar refractivity (Wildman–Crippen MR) is 102 cm³/mol. The lowest BCUT2D eigenvalue weighted by atomic mass is 10.1. The number of halogens is 2. The molecule has 0 N–H and O–H groups in total. The highest BCUT2D eigenvalue weighted by molar-refractivity contribution is 6.38. The molecule has 2 heterocycles. The summed E-state index contributed by atoms with van der Waals surface area (Å²) < 4.78 is 11.4. The molecular weight excluding hydrogens is 391 g/mol. The van der Waals surface area contributed by atoms with Gasteiger partial charge in [0.05, 0.1) is 16.0 Å². The van der Waals surface area contributed by atoms with Crippen LogP contribution in [-0.2, 0) is 9.53 Å². The van der Waals surface area contributed by atoms with Crippen LogP contribution < -0.4 is 5.43 Å². The average molecular weight is 403 g/mol. The molecule has 0 saturated carbocycles. The Morgan fingerprint density at radius 3 is 2.63 bits per heavy atom. The number of carbonyl (C=O) groups is 1. The molecule has 1 amide bonds. The number of hydrogen-bond donors (Lipinski definition) is 0. The standard InChI is InChI=1S/C19H12Cl2N2O4/c1-10(24)23-19(27-18(22-23)11-5-3-2-4-6-11)14-9-26-17-13(16(14)25)7-12(20)8-15(17)21/h2-9,19H,1H3. The van der Waals surface area contributed by atoms with Crippen molar-refractivity contribution in [2.24, 2.45) is 5.10 Å². The molecule has 1 atom stereocenters. The summed E-state index contributed by atoms with van der Waals surface area (Å²) in [6.45, 7) is 1.34. The highest BCUT2D eigenvalue weighted by Crippen LogP contribution is 2.32. The lowest BCUT2D eigenvalue weighted by molar-refractivity contribution is -0.135. The molecule has 27 heavy (non-hydrogen) atoms. The minimum atomic E-state index is -1.05. The second-order valence-corrected chi connectivity index (χ2v) is 6.73. The van der Waals surface area contributed by atoms with E-state index in [9.17, 15) is 9.59 Å². The molecule has 1 aliphatic rings. The third-order valence-electron chi connectivity index (χ3n) is 4.07. The van der Waals surface area contributed by atoms with Crippen molar-refractivity contribution >= 4 is 46.0 Å². The molecule has 0 bridgehead atoms. The number of rotatable bonds is 2. The molecule has 4 rings (SSSR count). The number of fused-ring (bicyclic) bond motifs is 1. The van der Waals surface area contributed by atoms with Gasteiger partial charge in [-0.15, -0.1) is 5.10 Å². The van der Waals surface area contributed by atoms with Gasteiger partial charge in [-0.05, 0) is 24.3 Å². The molecule has 3 aromatic rings. The van der Waals surface area contributed by atoms with Gasteiger partial charge in [-0.2, -0.15) is 5.01 Å². The van der Waals surface area contributed by atoms with Gasteiger partial charge in [0, 0.05) is 17.5 Å². The van der Waals surface area contributed by atoms with E-state index in [0.717, 1.165) is 5.01 Å². The number of hydrogen-bond acceptors (Lipinski definition) is 5. The average Bonchev–Trinajstić information content (AvgIpc) is 3.09. The van der Waals surface area contributed by atoms with E-state index in [0.29, 0.717) is 10.6 Å². The van der Waals surface area contributed by atoms with Crippen molar-refractivity contribution in [3.8, 4) is 0 Å². The Balaban J connectivity index is 1.82. The first-order valence-electron chi connectivity index (χ1n) is 7.96. The molecular formula is C19H12Cl2N2O4. The topological polar surface area (TPSA) is 72.1 Å². The summed E-state index contributed by atoms with van der Waals surface area (Å²) in [5.74, 6) is -0.144. The van der Waals surface area contributed by atoms with E-state index in [2.05, 4.69) is 5.10 Å². The number of amides is 1. The highest BCUT2D eigenvalue weighted by Gasteiger charge is 2.35. The lowest BCUT2D eigenvalue weighted by Gasteiger charge is -2.18. The Labute approximate surface area is 163 Å². The molecule has 8 heteroatoms. The molecule has 1 aliphatic heterocycles. The molecule has 136 valence electrons. The highest BCUT2D eigenvalue weighted by atomic mass is 35.5. The van der Waals surface area contributed by atoms with E-state index < -0.39 is 11.7 Å². The summed E-state index contributed by atoms with van der Waals surface area (Å²) in [7, 11) is 0. The Hall–Kier alpha value is -2.83. The minimum absolute atomic E-state index is 0.116. The molecule has 6 nitrogen and oxygen atoms in total. The van der Waals surface area contributed by atoms with Gasteiger partial charge in [0.25, 0.3) is 0 Å². The fraction of sp³-hybridized carbons (Fsp3) is 0.105. The first kappa shape index (κ1) is 17.6. The first-order chi connectivity index (χ1) is 13.0. The Kier molecular flexibility index (Phi) is 4.37. The van der Waals surface area contributed by atoms with Gasteiger partial charge in [0.15, 0.2) is 5.58 Å². The van der Waals surface area contributed by atoms with Crippen molar-refractivity contribution in [2.75, 3.05) is 0 Å². The van der Waals surface area contributed by atoms with Crippen molar-refractivity contribution in [1.29, 1.82) is 0 Å².